The molecule has 1 amide bonds. The van der Waals surface area contributed by atoms with E-state index >= 15 is 0 Å². The van der Waals surface area contributed by atoms with Gasteiger partial charge in [0.25, 0.3) is 11.5 Å². The molecular weight excluding hydrogens is 362 g/mol. The zero-order valence-electron chi connectivity index (χ0n) is 15.9. The van der Waals surface area contributed by atoms with E-state index in [9.17, 15) is 14.4 Å². The molecule has 0 unspecified atom stereocenters. The SMILES string of the molecule is CCCCn1c(N)c(N(CCOC)C(=O)c2cccc(C#N)c2)c(=O)[nH]c1=O. The second-order valence-electron chi connectivity index (χ2n) is 6.14. The van der Waals surface area contributed by atoms with Crippen molar-refractivity contribution in [1.29, 1.82) is 5.26 Å². The van der Waals surface area contributed by atoms with Crippen molar-refractivity contribution in [3.8, 4) is 6.07 Å². The molecule has 9 heteroatoms. The van der Waals surface area contributed by atoms with Crippen LogP contribution in [0.1, 0.15) is 35.7 Å². The number of carbonyl (C=O) groups excluding carboxylic acids is 1. The number of rotatable bonds is 8. The normalized spacial score (nSPS) is 10.5. The van der Waals surface area contributed by atoms with Crippen LogP contribution in [0.15, 0.2) is 33.9 Å². The molecule has 0 radical (unpaired) electrons. The average molecular weight is 385 g/mol. The Bertz CT molecular complexity index is 1000. The zero-order chi connectivity index (χ0) is 20.7. The molecule has 148 valence electrons. The smallest absolute Gasteiger partial charge is 0.330 e. The highest BCUT2D eigenvalue weighted by Gasteiger charge is 2.25. The van der Waals surface area contributed by atoms with Crippen molar-refractivity contribution < 1.29 is 9.53 Å². The van der Waals surface area contributed by atoms with E-state index in [2.05, 4.69) is 4.98 Å². The number of unbranched alkanes of at least 4 members (excludes halogenated alkanes) is 1. The summed E-state index contributed by atoms with van der Waals surface area (Å²) in [6, 6.07) is 8.10. The monoisotopic (exact) mass is 385 g/mol. The molecule has 1 aromatic carbocycles. The molecule has 1 aromatic heterocycles. The van der Waals surface area contributed by atoms with E-state index in [-0.39, 0.29) is 30.2 Å². The lowest BCUT2D eigenvalue weighted by atomic mass is 10.1. The highest BCUT2D eigenvalue weighted by atomic mass is 16.5. The third kappa shape index (κ3) is 4.47. The molecule has 0 spiro atoms. The quantitative estimate of drug-likeness (QED) is 0.698. The summed E-state index contributed by atoms with van der Waals surface area (Å²) in [5, 5.41) is 9.07. The van der Waals surface area contributed by atoms with E-state index < -0.39 is 17.2 Å². The fraction of sp³-hybridized carbons (Fsp3) is 0.368. The Morgan fingerprint density at radius 3 is 2.79 bits per heavy atom. The summed E-state index contributed by atoms with van der Waals surface area (Å²) in [7, 11) is 1.47. The minimum atomic E-state index is -0.754. The highest BCUT2D eigenvalue weighted by Crippen LogP contribution is 2.20. The van der Waals surface area contributed by atoms with Crippen LogP contribution in [-0.4, -0.2) is 35.7 Å². The van der Waals surface area contributed by atoms with Gasteiger partial charge in [-0.3, -0.25) is 24.0 Å². The second kappa shape index (κ2) is 9.53. The van der Waals surface area contributed by atoms with E-state index in [1.165, 1.54) is 22.6 Å². The number of ether oxygens (including phenoxy) is 1. The number of nitriles is 1. The number of hydrogen-bond acceptors (Lipinski definition) is 6. The van der Waals surface area contributed by atoms with E-state index in [4.69, 9.17) is 15.7 Å². The first kappa shape index (κ1) is 20.9. The summed E-state index contributed by atoms with van der Waals surface area (Å²) in [4.78, 5) is 41.2. The number of aromatic amines is 1. The minimum absolute atomic E-state index is 0.0470. The van der Waals surface area contributed by atoms with Crippen LogP contribution in [0, 0.1) is 11.3 Å². The number of nitrogens with two attached hydrogens (primary N) is 1. The van der Waals surface area contributed by atoms with Gasteiger partial charge in [-0.15, -0.1) is 0 Å². The Morgan fingerprint density at radius 1 is 1.39 bits per heavy atom. The Kier molecular flexibility index (Phi) is 7.12. The molecule has 0 aliphatic carbocycles. The summed E-state index contributed by atoms with van der Waals surface area (Å²) >= 11 is 0. The fourth-order valence-corrected chi connectivity index (χ4v) is 2.75. The van der Waals surface area contributed by atoms with E-state index in [0.717, 1.165) is 6.42 Å². The van der Waals surface area contributed by atoms with Gasteiger partial charge < -0.3 is 10.5 Å². The van der Waals surface area contributed by atoms with Crippen LogP contribution in [0.4, 0.5) is 11.5 Å². The van der Waals surface area contributed by atoms with Crippen molar-refractivity contribution in [2.45, 2.75) is 26.3 Å². The molecule has 0 aliphatic rings. The topological polar surface area (TPSA) is 134 Å². The van der Waals surface area contributed by atoms with Gasteiger partial charge in [-0.05, 0) is 24.6 Å². The first-order valence-electron chi connectivity index (χ1n) is 8.88. The summed E-state index contributed by atoms with van der Waals surface area (Å²) in [5.74, 6) is -0.602. The molecule has 3 N–H and O–H groups in total. The van der Waals surface area contributed by atoms with Crippen LogP contribution >= 0.6 is 0 Å². The second-order valence-corrected chi connectivity index (χ2v) is 6.14. The maximum Gasteiger partial charge on any atom is 0.330 e. The van der Waals surface area contributed by atoms with Crippen LogP contribution < -0.4 is 21.9 Å². The number of methoxy groups -OCH3 is 1. The Balaban J connectivity index is 2.59. The molecule has 2 rings (SSSR count). The number of anilines is 2. The molecule has 0 saturated heterocycles. The molecule has 0 saturated carbocycles. The van der Waals surface area contributed by atoms with Gasteiger partial charge in [0.2, 0.25) is 0 Å². The molecule has 0 bridgehead atoms. The van der Waals surface area contributed by atoms with Gasteiger partial charge in [0.15, 0.2) is 5.69 Å². The van der Waals surface area contributed by atoms with Crippen LogP contribution in [-0.2, 0) is 11.3 Å². The van der Waals surface area contributed by atoms with Gasteiger partial charge in [0.05, 0.1) is 18.2 Å². The first-order chi connectivity index (χ1) is 13.4. The average Bonchev–Trinajstić information content (AvgIpc) is 2.69. The van der Waals surface area contributed by atoms with Gasteiger partial charge in [-0.25, -0.2) is 4.79 Å². The number of H-pyrrole nitrogens is 1. The number of hydrogen-bond donors (Lipinski definition) is 2. The van der Waals surface area contributed by atoms with Gasteiger partial charge in [0, 0.05) is 25.8 Å². The fourth-order valence-electron chi connectivity index (χ4n) is 2.75. The van der Waals surface area contributed by atoms with Crippen LogP contribution in [0.5, 0.6) is 0 Å². The van der Waals surface area contributed by atoms with E-state index in [1.54, 1.807) is 18.2 Å². The van der Waals surface area contributed by atoms with Crippen molar-refractivity contribution in [1.82, 2.24) is 9.55 Å². The number of amides is 1. The predicted molar refractivity (Wildman–Crippen MR) is 105 cm³/mol. The maximum atomic E-state index is 13.1. The Morgan fingerprint density at radius 2 is 2.14 bits per heavy atom. The molecule has 28 heavy (non-hydrogen) atoms. The summed E-state index contributed by atoms with van der Waals surface area (Å²) < 4.78 is 6.30. The molecule has 2 aromatic rings. The van der Waals surface area contributed by atoms with Crippen LogP contribution in [0.3, 0.4) is 0 Å². The Hall–Kier alpha value is -3.38. The van der Waals surface area contributed by atoms with Crippen molar-refractivity contribution in [2.24, 2.45) is 0 Å². The maximum absolute atomic E-state index is 13.1. The molecule has 9 nitrogen and oxygen atoms in total. The lowest BCUT2D eigenvalue weighted by molar-refractivity contribution is 0.0975. The summed E-state index contributed by atoms with van der Waals surface area (Å²) in [6.45, 7) is 2.48. The zero-order valence-corrected chi connectivity index (χ0v) is 15.9. The van der Waals surface area contributed by atoms with Gasteiger partial charge >= 0.3 is 5.69 Å². The molecule has 0 aliphatic heterocycles. The molecule has 0 atom stereocenters. The van der Waals surface area contributed by atoms with Crippen molar-refractivity contribution >= 4 is 17.4 Å². The van der Waals surface area contributed by atoms with Crippen molar-refractivity contribution in [3.63, 3.8) is 0 Å². The standard InChI is InChI=1S/C19H23N5O4/c1-3-4-8-24-16(21)15(17(25)22-19(24)27)23(9-10-28-2)18(26)14-7-5-6-13(11-14)12-20/h5-7,11H,3-4,8-10,21H2,1-2H3,(H,22,25,27). The number of nitrogens with zero attached hydrogens (tertiary/aromatic N) is 3. The number of benzene rings is 1. The lowest BCUT2D eigenvalue weighted by Gasteiger charge is -2.24. The van der Waals surface area contributed by atoms with E-state index in [1.807, 2.05) is 13.0 Å². The van der Waals surface area contributed by atoms with Crippen LogP contribution in [0.2, 0.25) is 0 Å². The van der Waals surface area contributed by atoms with Gasteiger partial charge in [0.1, 0.15) is 5.82 Å². The molecule has 1 heterocycles. The van der Waals surface area contributed by atoms with Crippen molar-refractivity contribution in [2.75, 3.05) is 30.9 Å². The number of nitrogen functional groups attached to an aromatic ring is 1. The number of nitrogens with one attached hydrogen (secondary N) is 1. The molecule has 0 fully saturated rings. The minimum Gasteiger partial charge on any atom is -0.383 e. The lowest BCUT2D eigenvalue weighted by Crippen LogP contribution is -2.42. The number of aromatic nitrogens is 2. The van der Waals surface area contributed by atoms with Gasteiger partial charge in [-0.2, -0.15) is 5.26 Å². The third-order valence-corrected chi connectivity index (χ3v) is 4.22. The predicted octanol–water partition coefficient (Wildman–Crippen LogP) is 1.08. The molecular formula is C19H23N5O4. The highest BCUT2D eigenvalue weighted by molar-refractivity contribution is 6.07. The van der Waals surface area contributed by atoms with E-state index in [0.29, 0.717) is 18.5 Å². The largest absolute Gasteiger partial charge is 0.383 e. The van der Waals surface area contributed by atoms with Crippen LogP contribution in [0.25, 0.3) is 0 Å². The van der Waals surface area contributed by atoms with Crippen molar-refractivity contribution in [3.05, 3.63) is 56.2 Å². The third-order valence-electron chi connectivity index (χ3n) is 4.22. The summed E-state index contributed by atoms with van der Waals surface area (Å²) in [5.41, 5.74) is 5.18. The summed E-state index contributed by atoms with van der Waals surface area (Å²) in [6.07, 6.45) is 1.51. The first-order valence-corrected chi connectivity index (χ1v) is 8.88. The van der Waals surface area contributed by atoms with Gasteiger partial charge in [-0.1, -0.05) is 19.4 Å². The Labute approximate surface area is 162 Å². The number of carbonyl (C=O) groups is 1.